The fraction of sp³-hybridized carbons (Fsp3) is 0.318. The number of hydrogen-bond donors (Lipinski definition) is 1. The van der Waals surface area contributed by atoms with Crippen LogP contribution in [0.4, 0.5) is 10.8 Å². The van der Waals surface area contributed by atoms with Crippen molar-refractivity contribution in [3.05, 3.63) is 64.7 Å². The molecule has 1 aromatic heterocycles. The summed E-state index contributed by atoms with van der Waals surface area (Å²) in [7, 11) is 0. The molecule has 0 aliphatic heterocycles. The van der Waals surface area contributed by atoms with Crippen LogP contribution in [0.2, 0.25) is 0 Å². The van der Waals surface area contributed by atoms with E-state index in [9.17, 15) is 4.79 Å². The molecule has 3 aromatic rings. The number of rotatable bonds is 8. The molecule has 0 unspecified atom stereocenters. The van der Waals surface area contributed by atoms with Crippen molar-refractivity contribution in [1.82, 2.24) is 10.2 Å². The average molecular weight is 412 g/mol. The fourth-order valence-electron chi connectivity index (χ4n) is 2.71. The molecule has 0 bridgehead atoms. The van der Waals surface area contributed by atoms with Crippen molar-refractivity contribution in [3.8, 4) is 0 Å². The zero-order chi connectivity index (χ0) is 20.1. The smallest absolute Gasteiger partial charge is 0.210 e. The summed E-state index contributed by atoms with van der Waals surface area (Å²) in [6, 6.07) is 14.2. The van der Waals surface area contributed by atoms with Gasteiger partial charge in [-0.05, 0) is 55.0 Å². The molecule has 0 saturated heterocycles. The molecule has 3 rings (SSSR count). The number of ketones is 1. The van der Waals surface area contributed by atoms with E-state index >= 15 is 0 Å². The summed E-state index contributed by atoms with van der Waals surface area (Å²) in [4.78, 5) is 12.5. The minimum Gasteiger partial charge on any atom is -0.330 e. The lowest BCUT2D eigenvalue weighted by Gasteiger charge is -2.09. The number of thioether (sulfide) groups is 1. The maximum absolute atomic E-state index is 12.5. The molecule has 6 heteroatoms. The Balaban J connectivity index is 1.56. The number of anilines is 2. The van der Waals surface area contributed by atoms with Crippen LogP contribution < -0.4 is 5.32 Å². The molecule has 1 heterocycles. The van der Waals surface area contributed by atoms with Crippen molar-refractivity contribution in [1.29, 1.82) is 0 Å². The second-order valence-corrected chi connectivity index (χ2v) is 9.14. The SMILES string of the molecule is CC[C@H](C)c1ccc(C(=O)CSc2nnc(Nc3ccc(C)c(C)c3)s2)cc1. The molecule has 2 aromatic carbocycles. The van der Waals surface area contributed by atoms with E-state index in [-0.39, 0.29) is 5.78 Å². The van der Waals surface area contributed by atoms with E-state index < -0.39 is 0 Å². The van der Waals surface area contributed by atoms with Crippen molar-refractivity contribution < 1.29 is 4.79 Å². The third-order valence-corrected chi connectivity index (χ3v) is 6.88. The Bertz CT molecular complexity index is 951. The number of benzene rings is 2. The minimum absolute atomic E-state index is 0.111. The first-order valence-electron chi connectivity index (χ1n) is 9.40. The highest BCUT2D eigenvalue weighted by atomic mass is 32.2. The van der Waals surface area contributed by atoms with Crippen LogP contribution in [0.5, 0.6) is 0 Å². The topological polar surface area (TPSA) is 54.9 Å². The van der Waals surface area contributed by atoms with Crippen LogP contribution in [0.15, 0.2) is 46.8 Å². The summed E-state index contributed by atoms with van der Waals surface area (Å²) in [6.07, 6.45) is 1.10. The summed E-state index contributed by atoms with van der Waals surface area (Å²) in [5.41, 5.74) is 5.51. The van der Waals surface area contributed by atoms with Crippen LogP contribution in [0, 0.1) is 13.8 Å². The van der Waals surface area contributed by atoms with Gasteiger partial charge in [-0.25, -0.2) is 0 Å². The number of nitrogens with zero attached hydrogens (tertiary/aromatic N) is 2. The van der Waals surface area contributed by atoms with Gasteiger partial charge in [-0.1, -0.05) is 67.3 Å². The summed E-state index contributed by atoms with van der Waals surface area (Å²) < 4.78 is 0.788. The number of hydrogen-bond acceptors (Lipinski definition) is 6. The lowest BCUT2D eigenvalue weighted by Crippen LogP contribution is -2.02. The van der Waals surface area contributed by atoms with Crippen molar-refractivity contribution in [2.24, 2.45) is 0 Å². The first kappa shape index (κ1) is 20.6. The zero-order valence-electron chi connectivity index (χ0n) is 16.7. The quantitative estimate of drug-likeness (QED) is 0.344. The van der Waals surface area contributed by atoms with Crippen LogP contribution in [-0.2, 0) is 0 Å². The molecule has 0 saturated carbocycles. The van der Waals surface area contributed by atoms with E-state index in [0.29, 0.717) is 11.7 Å². The Morgan fingerprint density at radius 2 is 1.86 bits per heavy atom. The van der Waals surface area contributed by atoms with E-state index in [1.165, 1.54) is 39.8 Å². The number of Topliss-reactive ketones (excluding diaryl/α,β-unsaturated/α-hetero) is 1. The van der Waals surface area contributed by atoms with Crippen LogP contribution in [0.3, 0.4) is 0 Å². The molecular weight excluding hydrogens is 386 g/mol. The summed E-state index contributed by atoms with van der Waals surface area (Å²) in [5, 5.41) is 12.4. The average Bonchev–Trinajstić information content (AvgIpc) is 3.15. The number of nitrogens with one attached hydrogen (secondary N) is 1. The maximum atomic E-state index is 12.5. The van der Waals surface area contributed by atoms with Crippen molar-refractivity contribution >= 4 is 39.7 Å². The van der Waals surface area contributed by atoms with Crippen LogP contribution in [0.1, 0.15) is 53.2 Å². The highest BCUT2D eigenvalue weighted by Gasteiger charge is 2.11. The first-order chi connectivity index (χ1) is 13.5. The molecular formula is C22H25N3OS2. The van der Waals surface area contributed by atoms with E-state index in [4.69, 9.17) is 0 Å². The molecule has 0 spiro atoms. The van der Waals surface area contributed by atoms with Gasteiger partial charge < -0.3 is 5.32 Å². The van der Waals surface area contributed by atoms with Crippen molar-refractivity contribution in [2.75, 3.05) is 11.1 Å². The third kappa shape index (κ3) is 5.20. The molecule has 4 nitrogen and oxygen atoms in total. The summed E-state index contributed by atoms with van der Waals surface area (Å²) >= 11 is 2.89. The number of aromatic nitrogens is 2. The lowest BCUT2D eigenvalue weighted by molar-refractivity contribution is 0.102. The van der Waals surface area contributed by atoms with Gasteiger partial charge in [0.05, 0.1) is 5.75 Å². The van der Waals surface area contributed by atoms with E-state index in [1.54, 1.807) is 0 Å². The van der Waals surface area contributed by atoms with Crippen LogP contribution in [0.25, 0.3) is 0 Å². The minimum atomic E-state index is 0.111. The van der Waals surface area contributed by atoms with Crippen LogP contribution >= 0.6 is 23.1 Å². The van der Waals surface area contributed by atoms with Gasteiger partial charge in [0.2, 0.25) is 5.13 Å². The van der Waals surface area contributed by atoms with Gasteiger partial charge in [0, 0.05) is 11.3 Å². The van der Waals surface area contributed by atoms with Gasteiger partial charge >= 0.3 is 0 Å². The third-order valence-electron chi connectivity index (χ3n) is 4.91. The number of carbonyl (C=O) groups is 1. The normalized spacial score (nSPS) is 12.0. The Kier molecular flexibility index (Phi) is 6.86. The fourth-order valence-corrected chi connectivity index (χ4v) is 4.37. The van der Waals surface area contributed by atoms with E-state index in [2.05, 4.69) is 67.5 Å². The van der Waals surface area contributed by atoms with E-state index in [1.807, 2.05) is 18.2 Å². The molecule has 1 atom stereocenters. The zero-order valence-corrected chi connectivity index (χ0v) is 18.3. The molecule has 0 aliphatic rings. The summed E-state index contributed by atoms with van der Waals surface area (Å²) in [5.74, 6) is 0.990. The van der Waals surface area contributed by atoms with Gasteiger partial charge in [0.15, 0.2) is 10.1 Å². The van der Waals surface area contributed by atoms with Crippen molar-refractivity contribution in [3.63, 3.8) is 0 Å². The van der Waals surface area contributed by atoms with Crippen molar-refractivity contribution in [2.45, 2.75) is 44.4 Å². The first-order valence-corrected chi connectivity index (χ1v) is 11.2. The molecule has 0 radical (unpaired) electrons. The van der Waals surface area contributed by atoms with Crippen LogP contribution in [-0.4, -0.2) is 21.7 Å². The number of aryl methyl sites for hydroxylation is 2. The summed E-state index contributed by atoms with van der Waals surface area (Å²) in [6.45, 7) is 8.55. The predicted molar refractivity (Wildman–Crippen MR) is 119 cm³/mol. The molecule has 0 fully saturated rings. The maximum Gasteiger partial charge on any atom is 0.210 e. The number of carbonyl (C=O) groups excluding carboxylic acids is 1. The van der Waals surface area contributed by atoms with Gasteiger partial charge in [0.25, 0.3) is 0 Å². The Labute approximate surface area is 174 Å². The highest BCUT2D eigenvalue weighted by Crippen LogP contribution is 2.29. The highest BCUT2D eigenvalue weighted by molar-refractivity contribution is 8.01. The van der Waals surface area contributed by atoms with Gasteiger partial charge in [-0.15, -0.1) is 10.2 Å². The second kappa shape index (κ2) is 9.34. The van der Waals surface area contributed by atoms with Gasteiger partial charge in [0.1, 0.15) is 0 Å². The Hall–Kier alpha value is -2.18. The molecule has 1 N–H and O–H groups in total. The molecule has 146 valence electrons. The molecule has 0 aliphatic carbocycles. The molecule has 28 heavy (non-hydrogen) atoms. The monoisotopic (exact) mass is 411 g/mol. The Morgan fingerprint density at radius 1 is 1.11 bits per heavy atom. The Morgan fingerprint density at radius 3 is 2.54 bits per heavy atom. The van der Waals surface area contributed by atoms with E-state index in [0.717, 1.165) is 27.1 Å². The largest absolute Gasteiger partial charge is 0.330 e. The second-order valence-electron chi connectivity index (χ2n) is 6.94. The molecule has 0 amide bonds. The predicted octanol–water partition coefficient (Wildman–Crippen LogP) is 6.39. The van der Waals surface area contributed by atoms with Gasteiger partial charge in [-0.3, -0.25) is 4.79 Å². The van der Waals surface area contributed by atoms with Gasteiger partial charge in [-0.2, -0.15) is 0 Å². The lowest BCUT2D eigenvalue weighted by atomic mass is 9.97. The standard InChI is InChI=1S/C22H25N3OS2/c1-5-14(2)17-7-9-18(10-8-17)20(26)13-27-22-25-24-21(28-22)23-19-11-6-15(3)16(4)12-19/h6-12,14H,5,13H2,1-4H3,(H,23,24)/t14-/m0/s1.